The molecule has 5 nitrogen and oxygen atoms in total. The molecule has 1 aliphatic carbocycles. The van der Waals surface area contributed by atoms with Crippen molar-refractivity contribution in [1.82, 2.24) is 10.2 Å². The summed E-state index contributed by atoms with van der Waals surface area (Å²) in [4.78, 5) is 24.4. The van der Waals surface area contributed by atoms with E-state index in [0.717, 1.165) is 6.42 Å². The van der Waals surface area contributed by atoms with E-state index in [-0.39, 0.29) is 29.3 Å². The Labute approximate surface area is 109 Å². The lowest BCUT2D eigenvalue weighted by molar-refractivity contribution is -0.150. The number of carbonyl (C=O) groups excluding carboxylic acids is 1. The van der Waals surface area contributed by atoms with Gasteiger partial charge in [0.05, 0.1) is 5.92 Å². The Kier molecular flexibility index (Phi) is 4.24. The van der Waals surface area contributed by atoms with Gasteiger partial charge in [0.2, 0.25) is 0 Å². The lowest BCUT2D eigenvalue weighted by Gasteiger charge is -2.46. The van der Waals surface area contributed by atoms with Crippen LogP contribution in [0.1, 0.15) is 33.6 Å². The first kappa shape index (κ1) is 14.8. The van der Waals surface area contributed by atoms with Crippen LogP contribution in [0.4, 0.5) is 4.79 Å². The lowest BCUT2D eigenvalue weighted by Crippen LogP contribution is -2.54. The van der Waals surface area contributed by atoms with E-state index in [0.29, 0.717) is 6.42 Å². The summed E-state index contributed by atoms with van der Waals surface area (Å²) < 4.78 is 0. The van der Waals surface area contributed by atoms with Crippen LogP contribution in [0, 0.1) is 17.3 Å². The highest BCUT2D eigenvalue weighted by molar-refractivity contribution is 5.74. The average molecular weight is 256 g/mol. The molecule has 1 aliphatic rings. The molecule has 0 spiro atoms. The number of hydrogen-bond acceptors (Lipinski definition) is 2. The molecule has 1 saturated carbocycles. The predicted octanol–water partition coefficient (Wildman–Crippen LogP) is 1.78. The van der Waals surface area contributed by atoms with Crippen LogP contribution in [0.3, 0.4) is 0 Å². The number of carboxylic acid groups (broad SMARTS) is 1. The van der Waals surface area contributed by atoms with Gasteiger partial charge in [0, 0.05) is 20.1 Å². The average Bonchev–Trinajstić information content (AvgIpc) is 2.23. The highest BCUT2D eigenvalue weighted by Gasteiger charge is 2.46. The molecule has 2 N–H and O–H groups in total. The SMILES string of the molecule is CC1C(NC(=O)N(C)C)CCC(C(=O)O)C1(C)C. The third-order valence-corrected chi connectivity index (χ3v) is 4.45. The second kappa shape index (κ2) is 5.16. The summed E-state index contributed by atoms with van der Waals surface area (Å²) in [5.74, 6) is -0.930. The summed E-state index contributed by atoms with van der Waals surface area (Å²) in [5, 5.41) is 12.2. The zero-order valence-corrected chi connectivity index (χ0v) is 11.9. The zero-order chi connectivity index (χ0) is 14.1. The quantitative estimate of drug-likeness (QED) is 0.791. The van der Waals surface area contributed by atoms with E-state index < -0.39 is 5.97 Å². The van der Waals surface area contributed by atoms with Crippen LogP contribution in [0.5, 0.6) is 0 Å². The van der Waals surface area contributed by atoms with Crippen molar-refractivity contribution in [1.29, 1.82) is 0 Å². The maximum Gasteiger partial charge on any atom is 0.317 e. The van der Waals surface area contributed by atoms with Gasteiger partial charge < -0.3 is 15.3 Å². The molecule has 0 bridgehead atoms. The number of carboxylic acids is 1. The number of aliphatic carboxylic acids is 1. The van der Waals surface area contributed by atoms with Crippen molar-refractivity contribution < 1.29 is 14.7 Å². The van der Waals surface area contributed by atoms with Crippen LogP contribution < -0.4 is 5.32 Å². The fourth-order valence-corrected chi connectivity index (χ4v) is 2.73. The van der Waals surface area contributed by atoms with E-state index >= 15 is 0 Å². The summed E-state index contributed by atoms with van der Waals surface area (Å²) in [6.07, 6.45) is 1.34. The zero-order valence-electron chi connectivity index (χ0n) is 11.9. The smallest absolute Gasteiger partial charge is 0.317 e. The molecule has 1 fully saturated rings. The Bertz CT molecular complexity index is 339. The fraction of sp³-hybridized carbons (Fsp3) is 0.846. The van der Waals surface area contributed by atoms with Crippen molar-refractivity contribution >= 4 is 12.0 Å². The highest BCUT2D eigenvalue weighted by Crippen LogP contribution is 2.45. The Morgan fingerprint density at radius 2 is 1.83 bits per heavy atom. The maximum absolute atomic E-state index is 11.7. The first-order valence-electron chi connectivity index (χ1n) is 6.38. The normalized spacial score (nSPS) is 30.6. The molecule has 3 atom stereocenters. The van der Waals surface area contributed by atoms with E-state index in [2.05, 4.69) is 5.32 Å². The van der Waals surface area contributed by atoms with Gasteiger partial charge in [-0.1, -0.05) is 20.8 Å². The van der Waals surface area contributed by atoms with Crippen molar-refractivity contribution in [3.63, 3.8) is 0 Å². The number of urea groups is 1. The molecule has 0 aliphatic heterocycles. The molecule has 3 unspecified atom stereocenters. The van der Waals surface area contributed by atoms with E-state index in [1.165, 1.54) is 4.90 Å². The van der Waals surface area contributed by atoms with E-state index in [9.17, 15) is 14.7 Å². The lowest BCUT2D eigenvalue weighted by atomic mass is 9.61. The number of hydrogen-bond donors (Lipinski definition) is 2. The highest BCUT2D eigenvalue weighted by atomic mass is 16.4. The van der Waals surface area contributed by atoms with Crippen molar-refractivity contribution in [3.8, 4) is 0 Å². The first-order chi connectivity index (χ1) is 8.17. The summed E-state index contributed by atoms with van der Waals surface area (Å²) in [6, 6.07) is -0.0677. The molecule has 104 valence electrons. The summed E-state index contributed by atoms with van der Waals surface area (Å²) in [7, 11) is 3.40. The molecule has 0 radical (unpaired) electrons. The van der Waals surface area contributed by atoms with Crippen LogP contribution in [-0.2, 0) is 4.79 Å². The fourth-order valence-electron chi connectivity index (χ4n) is 2.73. The first-order valence-corrected chi connectivity index (χ1v) is 6.38. The summed E-state index contributed by atoms with van der Waals surface area (Å²) in [5.41, 5.74) is -0.311. The molecule has 0 aromatic rings. The minimum Gasteiger partial charge on any atom is -0.481 e. The van der Waals surface area contributed by atoms with Gasteiger partial charge in [0.15, 0.2) is 0 Å². The monoisotopic (exact) mass is 256 g/mol. The van der Waals surface area contributed by atoms with Gasteiger partial charge in [0.25, 0.3) is 0 Å². The molecule has 2 amide bonds. The van der Waals surface area contributed by atoms with Gasteiger partial charge in [-0.3, -0.25) is 4.79 Å². The van der Waals surface area contributed by atoms with Gasteiger partial charge >= 0.3 is 12.0 Å². The van der Waals surface area contributed by atoms with Crippen LogP contribution in [0.2, 0.25) is 0 Å². The van der Waals surface area contributed by atoms with Gasteiger partial charge in [-0.25, -0.2) is 4.79 Å². The van der Waals surface area contributed by atoms with Crippen LogP contribution >= 0.6 is 0 Å². The minimum absolute atomic E-state index is 0.0468. The Morgan fingerprint density at radius 3 is 2.28 bits per heavy atom. The van der Waals surface area contributed by atoms with Crippen molar-refractivity contribution in [3.05, 3.63) is 0 Å². The van der Waals surface area contributed by atoms with Crippen LogP contribution in [-0.4, -0.2) is 42.1 Å². The number of carbonyl (C=O) groups is 2. The Hall–Kier alpha value is -1.26. The minimum atomic E-state index is -0.732. The summed E-state index contributed by atoms with van der Waals surface area (Å²) >= 11 is 0. The van der Waals surface area contributed by atoms with E-state index in [1.54, 1.807) is 14.1 Å². The van der Waals surface area contributed by atoms with Gasteiger partial charge in [-0.2, -0.15) is 0 Å². The number of nitrogens with zero attached hydrogens (tertiary/aromatic N) is 1. The van der Waals surface area contributed by atoms with Crippen molar-refractivity contribution in [2.24, 2.45) is 17.3 Å². The largest absolute Gasteiger partial charge is 0.481 e. The van der Waals surface area contributed by atoms with Gasteiger partial charge in [-0.15, -0.1) is 0 Å². The molecular weight excluding hydrogens is 232 g/mol. The molecule has 0 saturated heterocycles. The molecule has 5 heteroatoms. The number of rotatable bonds is 2. The van der Waals surface area contributed by atoms with Crippen LogP contribution in [0.25, 0.3) is 0 Å². The van der Waals surface area contributed by atoms with Crippen molar-refractivity contribution in [2.75, 3.05) is 14.1 Å². The Morgan fingerprint density at radius 1 is 1.28 bits per heavy atom. The Balaban J connectivity index is 2.78. The third-order valence-electron chi connectivity index (χ3n) is 4.45. The van der Waals surface area contributed by atoms with E-state index in [4.69, 9.17) is 0 Å². The molecule has 18 heavy (non-hydrogen) atoms. The summed E-state index contributed by atoms with van der Waals surface area (Å²) in [6.45, 7) is 5.98. The van der Waals surface area contributed by atoms with Crippen LogP contribution in [0.15, 0.2) is 0 Å². The number of nitrogens with one attached hydrogen (secondary N) is 1. The van der Waals surface area contributed by atoms with Gasteiger partial charge in [-0.05, 0) is 24.2 Å². The van der Waals surface area contributed by atoms with E-state index in [1.807, 2.05) is 20.8 Å². The molecule has 0 aromatic carbocycles. The second-order valence-corrected chi connectivity index (χ2v) is 6.03. The third kappa shape index (κ3) is 2.76. The second-order valence-electron chi connectivity index (χ2n) is 6.03. The molecule has 1 rings (SSSR count). The van der Waals surface area contributed by atoms with Gasteiger partial charge in [0.1, 0.15) is 0 Å². The maximum atomic E-state index is 11.7. The predicted molar refractivity (Wildman–Crippen MR) is 69.3 cm³/mol. The topological polar surface area (TPSA) is 69.6 Å². The molecule has 0 heterocycles. The van der Waals surface area contributed by atoms with Crippen molar-refractivity contribution in [2.45, 2.75) is 39.7 Å². The molecular formula is C13H24N2O3. The molecule has 0 aromatic heterocycles. The standard InChI is InChI=1S/C13H24N2O3/c1-8-10(14-12(18)15(4)5)7-6-9(11(16)17)13(8,2)3/h8-10H,6-7H2,1-5H3,(H,14,18)(H,16,17). The number of amides is 2.